The van der Waals surface area contributed by atoms with E-state index in [1.165, 1.54) is 0 Å². The Balaban J connectivity index is 1.60. The molecule has 160 valence electrons. The summed E-state index contributed by atoms with van der Waals surface area (Å²) in [7, 11) is 4.05. The maximum Gasteiger partial charge on any atom is 0.253 e. The molecule has 1 aromatic carbocycles. The summed E-state index contributed by atoms with van der Waals surface area (Å²) >= 11 is 0. The van der Waals surface area contributed by atoms with Crippen LogP contribution in [0.15, 0.2) is 18.2 Å². The number of rotatable bonds is 3. The number of nitrogens with zero attached hydrogens (tertiary/aromatic N) is 5. The van der Waals surface area contributed by atoms with Crippen molar-refractivity contribution in [3.8, 4) is 0 Å². The highest BCUT2D eigenvalue weighted by molar-refractivity contribution is 5.94. The molecule has 0 unspecified atom stereocenters. The number of carbonyl (C=O) groups is 1. The molecule has 0 atom stereocenters. The molecule has 1 aromatic heterocycles. The number of anilines is 2. The van der Waals surface area contributed by atoms with Crippen molar-refractivity contribution >= 4 is 17.7 Å². The fourth-order valence-electron chi connectivity index (χ4n) is 4.33. The number of benzene rings is 1. The van der Waals surface area contributed by atoms with Crippen LogP contribution in [0.1, 0.15) is 32.7 Å². The summed E-state index contributed by atoms with van der Waals surface area (Å²) in [4.78, 5) is 29.2. The van der Waals surface area contributed by atoms with Crippen LogP contribution in [-0.4, -0.2) is 74.3 Å². The first-order valence-corrected chi connectivity index (χ1v) is 10.7. The molecule has 0 N–H and O–H groups in total. The number of aromatic nitrogens is 2. The van der Waals surface area contributed by atoms with Crippen molar-refractivity contribution in [2.45, 2.75) is 26.7 Å². The molecule has 1 saturated heterocycles. The third-order valence-electron chi connectivity index (χ3n) is 5.78. The summed E-state index contributed by atoms with van der Waals surface area (Å²) in [6.45, 7) is 8.45. The van der Waals surface area contributed by atoms with E-state index >= 15 is 0 Å². The van der Waals surface area contributed by atoms with Crippen LogP contribution in [0.5, 0.6) is 0 Å². The SMILES string of the molecule is Cc1cc(C)cc(C(=O)N2CCc3nc(N4CCOCC4)nc(N(C)C)c3CC2)c1. The quantitative estimate of drug-likeness (QED) is 0.775. The zero-order valence-corrected chi connectivity index (χ0v) is 18.4. The molecule has 0 radical (unpaired) electrons. The van der Waals surface area contributed by atoms with Gasteiger partial charge in [0.15, 0.2) is 0 Å². The van der Waals surface area contributed by atoms with Gasteiger partial charge >= 0.3 is 0 Å². The number of ether oxygens (including phenoxy) is 1. The Morgan fingerprint density at radius 3 is 2.30 bits per heavy atom. The fraction of sp³-hybridized carbons (Fsp3) is 0.522. The Labute approximate surface area is 178 Å². The van der Waals surface area contributed by atoms with E-state index in [1.807, 2.05) is 45.0 Å². The van der Waals surface area contributed by atoms with Gasteiger partial charge in [0.05, 0.1) is 18.9 Å². The molecule has 0 spiro atoms. The van der Waals surface area contributed by atoms with Crippen molar-refractivity contribution in [1.29, 1.82) is 0 Å². The molecular formula is C23H31N5O2. The van der Waals surface area contributed by atoms with Gasteiger partial charge in [-0.05, 0) is 32.4 Å². The minimum atomic E-state index is 0.0994. The number of morpholine rings is 1. The highest BCUT2D eigenvalue weighted by atomic mass is 16.5. The summed E-state index contributed by atoms with van der Waals surface area (Å²) in [5.41, 5.74) is 5.23. The number of hydrogen-bond donors (Lipinski definition) is 0. The van der Waals surface area contributed by atoms with Crippen molar-refractivity contribution < 1.29 is 9.53 Å². The third-order valence-corrected chi connectivity index (χ3v) is 5.78. The number of amides is 1. The molecule has 4 rings (SSSR count). The summed E-state index contributed by atoms with van der Waals surface area (Å²) in [5, 5.41) is 0. The molecule has 30 heavy (non-hydrogen) atoms. The first kappa shape index (κ1) is 20.6. The second kappa shape index (κ2) is 8.60. The normalized spacial score (nSPS) is 16.8. The molecule has 2 aliphatic rings. The largest absolute Gasteiger partial charge is 0.378 e. The van der Waals surface area contributed by atoms with Crippen molar-refractivity contribution in [3.05, 3.63) is 46.1 Å². The van der Waals surface area contributed by atoms with Gasteiger partial charge in [0.1, 0.15) is 5.82 Å². The highest BCUT2D eigenvalue weighted by Crippen LogP contribution is 2.27. The maximum absolute atomic E-state index is 13.2. The monoisotopic (exact) mass is 409 g/mol. The predicted octanol–water partition coefficient (Wildman–Crippen LogP) is 2.24. The van der Waals surface area contributed by atoms with E-state index in [0.717, 1.165) is 65.6 Å². The van der Waals surface area contributed by atoms with Crippen LogP contribution >= 0.6 is 0 Å². The summed E-state index contributed by atoms with van der Waals surface area (Å²) in [6.07, 6.45) is 1.51. The van der Waals surface area contributed by atoms with E-state index in [-0.39, 0.29) is 5.91 Å². The van der Waals surface area contributed by atoms with Crippen LogP contribution in [0.3, 0.4) is 0 Å². The Morgan fingerprint density at radius 2 is 1.63 bits per heavy atom. The Kier molecular flexibility index (Phi) is 5.90. The first-order valence-electron chi connectivity index (χ1n) is 10.7. The molecule has 0 saturated carbocycles. The van der Waals surface area contributed by atoms with Crippen molar-refractivity contribution in [3.63, 3.8) is 0 Å². The van der Waals surface area contributed by atoms with Crippen LogP contribution in [0.4, 0.5) is 11.8 Å². The van der Waals surface area contributed by atoms with Crippen LogP contribution in [-0.2, 0) is 17.6 Å². The van der Waals surface area contributed by atoms with E-state index < -0.39 is 0 Å². The molecule has 2 aromatic rings. The zero-order chi connectivity index (χ0) is 21.3. The van der Waals surface area contributed by atoms with Gasteiger partial charge in [-0.1, -0.05) is 17.2 Å². The van der Waals surface area contributed by atoms with Crippen LogP contribution in [0, 0.1) is 13.8 Å². The molecule has 0 bridgehead atoms. The lowest BCUT2D eigenvalue weighted by atomic mass is 10.1. The Hall–Kier alpha value is -2.67. The summed E-state index contributed by atoms with van der Waals surface area (Å²) in [6, 6.07) is 6.06. The smallest absolute Gasteiger partial charge is 0.253 e. The summed E-state index contributed by atoms with van der Waals surface area (Å²) in [5.74, 6) is 1.83. The average Bonchev–Trinajstić information content (AvgIpc) is 2.95. The molecule has 7 heteroatoms. The third kappa shape index (κ3) is 4.26. The molecule has 1 amide bonds. The minimum absolute atomic E-state index is 0.0994. The van der Waals surface area contributed by atoms with E-state index in [2.05, 4.69) is 15.9 Å². The van der Waals surface area contributed by atoms with Gasteiger partial charge in [-0.2, -0.15) is 4.98 Å². The van der Waals surface area contributed by atoms with Crippen LogP contribution in [0.2, 0.25) is 0 Å². The predicted molar refractivity (Wildman–Crippen MR) is 119 cm³/mol. The number of aryl methyl sites for hydroxylation is 2. The second-order valence-electron chi connectivity index (χ2n) is 8.43. The Bertz CT molecular complexity index is 917. The van der Waals surface area contributed by atoms with Gasteiger partial charge < -0.3 is 19.4 Å². The molecule has 0 aliphatic carbocycles. The number of hydrogen-bond acceptors (Lipinski definition) is 6. The van der Waals surface area contributed by atoms with Crippen molar-refractivity contribution in [2.75, 3.05) is 63.3 Å². The van der Waals surface area contributed by atoms with Crippen LogP contribution < -0.4 is 9.80 Å². The minimum Gasteiger partial charge on any atom is -0.378 e. The van der Waals surface area contributed by atoms with E-state index in [1.54, 1.807) is 0 Å². The number of carbonyl (C=O) groups excluding carboxylic acids is 1. The van der Waals surface area contributed by atoms with Gasteiger partial charge in [-0.15, -0.1) is 0 Å². The topological polar surface area (TPSA) is 61.8 Å². The van der Waals surface area contributed by atoms with Crippen molar-refractivity contribution in [2.24, 2.45) is 0 Å². The zero-order valence-electron chi connectivity index (χ0n) is 18.4. The maximum atomic E-state index is 13.2. The molecule has 7 nitrogen and oxygen atoms in total. The summed E-state index contributed by atoms with van der Waals surface area (Å²) < 4.78 is 5.48. The van der Waals surface area contributed by atoms with E-state index in [4.69, 9.17) is 14.7 Å². The number of fused-ring (bicyclic) bond motifs is 1. The molecule has 2 aliphatic heterocycles. The van der Waals surface area contributed by atoms with Gasteiger partial charge in [0, 0.05) is 57.8 Å². The average molecular weight is 410 g/mol. The lowest BCUT2D eigenvalue weighted by Gasteiger charge is -2.28. The van der Waals surface area contributed by atoms with Gasteiger partial charge in [0.25, 0.3) is 5.91 Å². The van der Waals surface area contributed by atoms with E-state index in [9.17, 15) is 4.79 Å². The Morgan fingerprint density at radius 1 is 0.967 bits per heavy atom. The van der Waals surface area contributed by atoms with Crippen molar-refractivity contribution in [1.82, 2.24) is 14.9 Å². The fourth-order valence-corrected chi connectivity index (χ4v) is 4.33. The van der Waals surface area contributed by atoms with Gasteiger partial charge in [0.2, 0.25) is 5.95 Å². The van der Waals surface area contributed by atoms with Crippen LogP contribution in [0.25, 0.3) is 0 Å². The molecule has 1 fully saturated rings. The lowest BCUT2D eigenvalue weighted by molar-refractivity contribution is 0.0762. The van der Waals surface area contributed by atoms with Gasteiger partial charge in [-0.3, -0.25) is 4.79 Å². The molecule has 3 heterocycles. The lowest BCUT2D eigenvalue weighted by Crippen LogP contribution is -2.38. The van der Waals surface area contributed by atoms with Gasteiger partial charge in [-0.25, -0.2) is 4.98 Å². The molecular weight excluding hydrogens is 378 g/mol. The highest BCUT2D eigenvalue weighted by Gasteiger charge is 2.26. The standard InChI is InChI=1S/C23H31N5O2/c1-16-13-17(2)15-18(14-16)22(29)27-7-5-19-20(6-8-27)24-23(25-21(19)26(3)4)28-9-11-30-12-10-28/h13-15H,5-12H2,1-4H3. The second-order valence-corrected chi connectivity index (χ2v) is 8.43. The van der Waals surface area contributed by atoms with E-state index in [0.29, 0.717) is 26.3 Å². The first-order chi connectivity index (χ1) is 14.4.